The van der Waals surface area contributed by atoms with Crippen LogP contribution in [0.5, 0.6) is 0 Å². The Hall–Kier alpha value is -0.610. The molecule has 0 bridgehead atoms. The first-order chi connectivity index (χ1) is 9.89. The molecule has 0 aliphatic heterocycles. The molecule has 4 nitrogen and oxygen atoms in total. The summed E-state index contributed by atoms with van der Waals surface area (Å²) in [5.74, 6) is 0.149. The lowest BCUT2D eigenvalue weighted by Gasteiger charge is -2.32. The van der Waals surface area contributed by atoms with Gasteiger partial charge in [0, 0.05) is 12.6 Å². The number of nitrogens with one attached hydrogen (secondary N) is 1. The van der Waals surface area contributed by atoms with Crippen LogP contribution in [0.15, 0.2) is 0 Å². The van der Waals surface area contributed by atoms with E-state index >= 15 is 0 Å². The van der Waals surface area contributed by atoms with Gasteiger partial charge < -0.3 is 10.0 Å². The predicted molar refractivity (Wildman–Crippen MR) is 87.6 cm³/mol. The van der Waals surface area contributed by atoms with Crippen molar-refractivity contribution < 1.29 is 9.90 Å². The molecule has 124 valence electrons. The third kappa shape index (κ3) is 5.95. The van der Waals surface area contributed by atoms with Crippen LogP contribution in [-0.4, -0.2) is 47.7 Å². The van der Waals surface area contributed by atoms with E-state index in [1.807, 2.05) is 20.8 Å². The molecule has 0 heterocycles. The van der Waals surface area contributed by atoms with Gasteiger partial charge in [-0.2, -0.15) is 0 Å². The van der Waals surface area contributed by atoms with Gasteiger partial charge in [0.1, 0.15) is 5.54 Å². The minimum Gasteiger partial charge on any atom is -0.480 e. The maximum absolute atomic E-state index is 11.7. The zero-order chi connectivity index (χ0) is 15.9. The standard InChI is InChI=1S/C17H34N2O2/c1-5-17(16(20)21,18-14(2)3)11-8-12-19(4)13-15-9-6-7-10-15/h14-15,18H,5-13H2,1-4H3,(H,20,21). The Bertz CT molecular complexity index is 314. The maximum Gasteiger partial charge on any atom is 0.323 e. The van der Waals surface area contributed by atoms with Gasteiger partial charge in [0.05, 0.1) is 0 Å². The lowest BCUT2D eigenvalue weighted by Crippen LogP contribution is -2.54. The highest BCUT2D eigenvalue weighted by molar-refractivity contribution is 5.78. The number of hydrogen-bond acceptors (Lipinski definition) is 3. The number of rotatable bonds is 10. The summed E-state index contributed by atoms with van der Waals surface area (Å²) in [6.45, 7) is 8.15. The van der Waals surface area contributed by atoms with Crippen LogP contribution in [-0.2, 0) is 4.79 Å². The molecule has 0 radical (unpaired) electrons. The second kappa shape index (κ2) is 8.74. The molecule has 0 saturated heterocycles. The molecule has 0 aromatic heterocycles. The van der Waals surface area contributed by atoms with E-state index in [-0.39, 0.29) is 6.04 Å². The van der Waals surface area contributed by atoms with E-state index in [2.05, 4.69) is 17.3 Å². The van der Waals surface area contributed by atoms with Crippen molar-refractivity contribution in [3.8, 4) is 0 Å². The van der Waals surface area contributed by atoms with Crippen molar-refractivity contribution >= 4 is 5.97 Å². The summed E-state index contributed by atoms with van der Waals surface area (Å²) < 4.78 is 0. The fraction of sp³-hybridized carbons (Fsp3) is 0.941. The van der Waals surface area contributed by atoms with E-state index in [1.165, 1.54) is 32.2 Å². The summed E-state index contributed by atoms with van der Waals surface area (Å²) in [4.78, 5) is 14.0. The van der Waals surface area contributed by atoms with Gasteiger partial charge in [-0.3, -0.25) is 10.1 Å². The third-order valence-electron chi connectivity index (χ3n) is 4.77. The van der Waals surface area contributed by atoms with Gasteiger partial charge in [-0.1, -0.05) is 19.8 Å². The van der Waals surface area contributed by atoms with Crippen molar-refractivity contribution in [2.24, 2.45) is 5.92 Å². The van der Waals surface area contributed by atoms with E-state index in [4.69, 9.17) is 0 Å². The van der Waals surface area contributed by atoms with Gasteiger partial charge in [0.25, 0.3) is 0 Å². The molecule has 0 amide bonds. The molecule has 4 heteroatoms. The average Bonchev–Trinajstić information content (AvgIpc) is 2.89. The highest BCUT2D eigenvalue weighted by atomic mass is 16.4. The van der Waals surface area contributed by atoms with Crippen LogP contribution in [0.4, 0.5) is 0 Å². The number of carboxylic acid groups (broad SMARTS) is 1. The second-order valence-corrected chi connectivity index (χ2v) is 7.06. The molecule has 1 fully saturated rings. The zero-order valence-electron chi connectivity index (χ0n) is 14.3. The molecule has 0 aromatic carbocycles. The quantitative estimate of drug-likeness (QED) is 0.650. The van der Waals surface area contributed by atoms with E-state index in [0.29, 0.717) is 12.8 Å². The minimum absolute atomic E-state index is 0.192. The van der Waals surface area contributed by atoms with E-state index < -0.39 is 11.5 Å². The van der Waals surface area contributed by atoms with Crippen LogP contribution in [0.25, 0.3) is 0 Å². The highest BCUT2D eigenvalue weighted by Gasteiger charge is 2.36. The van der Waals surface area contributed by atoms with Crippen molar-refractivity contribution in [1.29, 1.82) is 0 Å². The lowest BCUT2D eigenvalue weighted by molar-refractivity contribution is -0.145. The number of nitrogens with zero attached hydrogens (tertiary/aromatic N) is 1. The lowest BCUT2D eigenvalue weighted by atomic mass is 9.89. The first-order valence-electron chi connectivity index (χ1n) is 8.59. The number of hydrogen-bond donors (Lipinski definition) is 2. The maximum atomic E-state index is 11.7. The fourth-order valence-electron chi connectivity index (χ4n) is 3.60. The molecular formula is C17H34N2O2. The molecule has 0 aromatic rings. The Kier molecular flexibility index (Phi) is 7.67. The van der Waals surface area contributed by atoms with Gasteiger partial charge in [-0.15, -0.1) is 0 Å². The van der Waals surface area contributed by atoms with Gasteiger partial charge in [0.15, 0.2) is 0 Å². The molecule has 1 atom stereocenters. The molecule has 1 rings (SSSR count). The first kappa shape index (κ1) is 18.4. The topological polar surface area (TPSA) is 52.6 Å². The normalized spacial score (nSPS) is 19.3. The third-order valence-corrected chi connectivity index (χ3v) is 4.77. The van der Waals surface area contributed by atoms with E-state index in [1.54, 1.807) is 0 Å². The molecular weight excluding hydrogens is 264 g/mol. The van der Waals surface area contributed by atoms with Crippen molar-refractivity contribution in [3.05, 3.63) is 0 Å². The van der Waals surface area contributed by atoms with Gasteiger partial charge in [-0.05, 0) is 65.5 Å². The van der Waals surface area contributed by atoms with Crippen LogP contribution < -0.4 is 5.32 Å². The Balaban J connectivity index is 2.39. The molecule has 2 N–H and O–H groups in total. The Morgan fingerprint density at radius 3 is 2.48 bits per heavy atom. The summed E-state index contributed by atoms with van der Waals surface area (Å²) in [6.07, 6.45) is 7.77. The van der Waals surface area contributed by atoms with Crippen LogP contribution in [0.3, 0.4) is 0 Å². The summed E-state index contributed by atoms with van der Waals surface area (Å²) >= 11 is 0. The van der Waals surface area contributed by atoms with Crippen LogP contribution in [0, 0.1) is 5.92 Å². The van der Waals surface area contributed by atoms with Crippen molar-refractivity contribution in [3.63, 3.8) is 0 Å². The SMILES string of the molecule is CCC(CCCN(C)CC1CCCC1)(NC(C)C)C(=O)O. The average molecular weight is 298 g/mol. The van der Waals surface area contributed by atoms with Crippen LogP contribution >= 0.6 is 0 Å². The molecule has 1 aliphatic rings. The number of carbonyl (C=O) groups is 1. The van der Waals surface area contributed by atoms with E-state index in [9.17, 15) is 9.90 Å². The van der Waals surface area contributed by atoms with Gasteiger partial charge in [0.2, 0.25) is 0 Å². The Morgan fingerprint density at radius 2 is 2.00 bits per heavy atom. The molecule has 1 unspecified atom stereocenters. The van der Waals surface area contributed by atoms with Crippen molar-refractivity contribution in [2.75, 3.05) is 20.1 Å². The summed E-state index contributed by atoms with van der Waals surface area (Å²) in [6, 6.07) is 0.192. The monoisotopic (exact) mass is 298 g/mol. The van der Waals surface area contributed by atoms with Crippen molar-refractivity contribution in [1.82, 2.24) is 10.2 Å². The summed E-state index contributed by atoms with van der Waals surface area (Å²) in [7, 11) is 2.17. The molecule has 1 aliphatic carbocycles. The van der Waals surface area contributed by atoms with Crippen molar-refractivity contribution in [2.45, 2.75) is 77.3 Å². The molecule has 1 saturated carbocycles. The molecule has 21 heavy (non-hydrogen) atoms. The van der Waals surface area contributed by atoms with Gasteiger partial charge in [-0.25, -0.2) is 0 Å². The summed E-state index contributed by atoms with van der Waals surface area (Å²) in [5.41, 5.74) is -0.762. The predicted octanol–water partition coefficient (Wildman–Crippen LogP) is 3.12. The molecule has 0 spiro atoms. The minimum atomic E-state index is -0.762. The fourth-order valence-corrected chi connectivity index (χ4v) is 3.60. The number of aliphatic carboxylic acids is 1. The Labute approximate surface area is 130 Å². The number of carboxylic acids is 1. The summed E-state index contributed by atoms with van der Waals surface area (Å²) in [5, 5.41) is 12.9. The zero-order valence-corrected chi connectivity index (χ0v) is 14.3. The van der Waals surface area contributed by atoms with Crippen LogP contribution in [0.1, 0.15) is 65.7 Å². The van der Waals surface area contributed by atoms with Gasteiger partial charge >= 0.3 is 5.97 Å². The van der Waals surface area contributed by atoms with Crippen LogP contribution in [0.2, 0.25) is 0 Å². The second-order valence-electron chi connectivity index (χ2n) is 7.06. The Morgan fingerprint density at radius 1 is 1.38 bits per heavy atom. The smallest absolute Gasteiger partial charge is 0.323 e. The highest BCUT2D eigenvalue weighted by Crippen LogP contribution is 2.25. The van der Waals surface area contributed by atoms with E-state index in [0.717, 1.165) is 18.9 Å². The largest absolute Gasteiger partial charge is 0.480 e. The first-order valence-corrected chi connectivity index (χ1v) is 8.59.